The molecular weight excluding hydrogens is 307 g/mol. The van der Waals surface area contributed by atoms with Crippen LogP contribution in [0.5, 0.6) is 0 Å². The number of aromatic nitrogens is 2. The molecule has 0 saturated heterocycles. The van der Waals surface area contributed by atoms with Gasteiger partial charge in [-0.3, -0.25) is 9.97 Å². The van der Waals surface area contributed by atoms with Crippen molar-refractivity contribution in [2.75, 3.05) is 0 Å². The minimum absolute atomic E-state index is 0. The van der Waals surface area contributed by atoms with Gasteiger partial charge in [0.25, 0.3) is 0 Å². The summed E-state index contributed by atoms with van der Waals surface area (Å²) in [5.41, 5.74) is 3.02. The van der Waals surface area contributed by atoms with E-state index < -0.39 is 0 Å². The quantitative estimate of drug-likeness (QED) is 0.723. The van der Waals surface area contributed by atoms with Gasteiger partial charge in [-0.2, -0.15) is 0 Å². The Morgan fingerprint density at radius 2 is 1.70 bits per heavy atom. The van der Waals surface area contributed by atoms with E-state index in [2.05, 4.69) is 9.97 Å². The van der Waals surface area contributed by atoms with Crippen LogP contribution >= 0.6 is 0 Å². The summed E-state index contributed by atoms with van der Waals surface area (Å²) in [4.78, 5) is 8.33. The van der Waals surface area contributed by atoms with Gasteiger partial charge in [0, 0.05) is 27.3 Å². The van der Waals surface area contributed by atoms with Gasteiger partial charge in [0.2, 0.25) is 0 Å². The van der Waals surface area contributed by atoms with Crippen LogP contribution in [0.2, 0.25) is 0 Å². The molecule has 58 valence electrons. The van der Waals surface area contributed by atoms with Gasteiger partial charge in [-0.25, -0.2) is 0 Å². The van der Waals surface area contributed by atoms with Crippen molar-refractivity contribution in [1.29, 1.82) is 0 Å². The van der Waals surface area contributed by atoms with Crippen molar-refractivity contribution in [1.82, 2.24) is 9.97 Å². The topological polar surface area (TPSA) is 25.8 Å². The van der Waals surface area contributed by atoms with Crippen LogP contribution in [-0.2, 0) is 21.1 Å². The standard InChI is InChI=1S/C7H10N2.Pt/c1-5-4-8-6(2)7(3)9-5;/h4H,1-3H3;. The molecule has 0 bridgehead atoms. The predicted octanol–water partition coefficient (Wildman–Crippen LogP) is 1.40. The molecule has 0 amide bonds. The molecular formula is C7H10N2Pt. The van der Waals surface area contributed by atoms with Gasteiger partial charge < -0.3 is 0 Å². The van der Waals surface area contributed by atoms with E-state index in [1.807, 2.05) is 20.8 Å². The van der Waals surface area contributed by atoms with Gasteiger partial charge in [0.1, 0.15) is 0 Å². The van der Waals surface area contributed by atoms with E-state index in [1.54, 1.807) is 6.20 Å². The summed E-state index contributed by atoms with van der Waals surface area (Å²) in [7, 11) is 0. The van der Waals surface area contributed by atoms with Crippen molar-refractivity contribution in [3.63, 3.8) is 0 Å². The van der Waals surface area contributed by atoms with Gasteiger partial charge in [-0.05, 0) is 20.8 Å². The largest absolute Gasteiger partial charge is 0.258 e. The fourth-order valence-corrected chi connectivity index (χ4v) is 0.658. The first kappa shape index (κ1) is 9.77. The summed E-state index contributed by atoms with van der Waals surface area (Å²) < 4.78 is 0. The van der Waals surface area contributed by atoms with Crippen LogP contribution in [-0.4, -0.2) is 9.97 Å². The molecule has 0 spiro atoms. The number of nitrogens with zero attached hydrogens (tertiary/aromatic N) is 2. The van der Waals surface area contributed by atoms with Gasteiger partial charge in [0.05, 0.1) is 17.1 Å². The maximum absolute atomic E-state index is 4.21. The Bertz CT molecular complexity index is 223. The molecule has 0 saturated carbocycles. The SMILES string of the molecule is Cc1cnc(C)c(C)n1.[Pt]. The Hall–Kier alpha value is -0.232. The van der Waals surface area contributed by atoms with Gasteiger partial charge in [-0.1, -0.05) is 0 Å². The van der Waals surface area contributed by atoms with Crippen molar-refractivity contribution in [2.45, 2.75) is 20.8 Å². The predicted molar refractivity (Wildman–Crippen MR) is 36.2 cm³/mol. The minimum Gasteiger partial charge on any atom is -0.258 e. The Kier molecular flexibility index (Phi) is 3.73. The molecule has 10 heavy (non-hydrogen) atoms. The molecule has 0 unspecified atom stereocenters. The fraction of sp³-hybridized carbons (Fsp3) is 0.429. The third-order valence-electron chi connectivity index (χ3n) is 1.31. The zero-order chi connectivity index (χ0) is 6.85. The molecule has 0 fully saturated rings. The average Bonchev–Trinajstić information content (AvgIpc) is 1.80. The van der Waals surface area contributed by atoms with Crippen molar-refractivity contribution in [2.24, 2.45) is 0 Å². The molecule has 0 aliphatic heterocycles. The molecule has 0 radical (unpaired) electrons. The Balaban J connectivity index is 0.000000810. The fourth-order valence-electron chi connectivity index (χ4n) is 0.658. The van der Waals surface area contributed by atoms with Crippen LogP contribution in [0.4, 0.5) is 0 Å². The van der Waals surface area contributed by atoms with E-state index >= 15 is 0 Å². The normalized spacial score (nSPS) is 8.70. The van der Waals surface area contributed by atoms with E-state index in [-0.39, 0.29) is 21.1 Å². The maximum atomic E-state index is 4.21. The average molecular weight is 317 g/mol. The third-order valence-corrected chi connectivity index (χ3v) is 1.31. The summed E-state index contributed by atoms with van der Waals surface area (Å²) in [5, 5.41) is 0. The molecule has 0 aliphatic rings. The Morgan fingerprint density at radius 3 is 2.10 bits per heavy atom. The summed E-state index contributed by atoms with van der Waals surface area (Å²) in [6, 6.07) is 0. The van der Waals surface area contributed by atoms with Gasteiger partial charge in [0.15, 0.2) is 0 Å². The Labute approximate surface area is 75.4 Å². The van der Waals surface area contributed by atoms with Gasteiger partial charge in [-0.15, -0.1) is 0 Å². The molecule has 2 nitrogen and oxygen atoms in total. The molecule has 0 atom stereocenters. The van der Waals surface area contributed by atoms with Gasteiger partial charge >= 0.3 is 0 Å². The molecule has 0 aromatic carbocycles. The molecule has 3 heteroatoms. The summed E-state index contributed by atoms with van der Waals surface area (Å²) in [6.07, 6.45) is 1.78. The van der Waals surface area contributed by atoms with Crippen LogP contribution in [0.15, 0.2) is 6.20 Å². The van der Waals surface area contributed by atoms with E-state index in [4.69, 9.17) is 0 Å². The molecule has 1 heterocycles. The van der Waals surface area contributed by atoms with Crippen molar-refractivity contribution >= 4 is 0 Å². The van der Waals surface area contributed by atoms with E-state index in [9.17, 15) is 0 Å². The van der Waals surface area contributed by atoms with Crippen LogP contribution < -0.4 is 0 Å². The second-order valence-electron chi connectivity index (χ2n) is 2.18. The maximum Gasteiger partial charge on any atom is 0.0588 e. The molecule has 0 N–H and O–H groups in total. The van der Waals surface area contributed by atoms with Crippen LogP contribution in [0.25, 0.3) is 0 Å². The first-order valence-electron chi connectivity index (χ1n) is 2.97. The zero-order valence-electron chi connectivity index (χ0n) is 6.29. The number of hydrogen-bond acceptors (Lipinski definition) is 2. The Morgan fingerprint density at radius 1 is 1.10 bits per heavy atom. The first-order valence-corrected chi connectivity index (χ1v) is 2.97. The second kappa shape index (κ2) is 3.82. The third kappa shape index (κ3) is 2.18. The molecule has 1 rings (SSSR count). The van der Waals surface area contributed by atoms with E-state index in [0.29, 0.717) is 0 Å². The summed E-state index contributed by atoms with van der Waals surface area (Å²) in [6.45, 7) is 5.87. The van der Waals surface area contributed by atoms with Crippen LogP contribution in [0.1, 0.15) is 17.1 Å². The van der Waals surface area contributed by atoms with Crippen molar-refractivity contribution in [3.05, 3.63) is 23.3 Å². The van der Waals surface area contributed by atoms with Crippen LogP contribution in [0.3, 0.4) is 0 Å². The molecule has 0 aliphatic carbocycles. The minimum atomic E-state index is 0. The number of rotatable bonds is 0. The van der Waals surface area contributed by atoms with E-state index in [1.165, 1.54) is 0 Å². The van der Waals surface area contributed by atoms with Crippen LogP contribution in [0, 0.1) is 20.8 Å². The second-order valence-corrected chi connectivity index (χ2v) is 2.18. The zero-order valence-corrected chi connectivity index (χ0v) is 8.56. The summed E-state index contributed by atoms with van der Waals surface area (Å²) >= 11 is 0. The van der Waals surface area contributed by atoms with Crippen molar-refractivity contribution in [3.8, 4) is 0 Å². The summed E-state index contributed by atoms with van der Waals surface area (Å²) in [5.74, 6) is 0. The first-order chi connectivity index (χ1) is 4.20. The molecule has 1 aromatic heterocycles. The number of aryl methyl sites for hydroxylation is 3. The smallest absolute Gasteiger partial charge is 0.0588 e. The van der Waals surface area contributed by atoms with E-state index in [0.717, 1.165) is 17.1 Å². The monoisotopic (exact) mass is 317 g/mol. The number of hydrogen-bond donors (Lipinski definition) is 0. The molecule has 1 aromatic rings. The van der Waals surface area contributed by atoms with Crippen molar-refractivity contribution < 1.29 is 21.1 Å².